The minimum absolute atomic E-state index is 0.0944. The molecule has 2 N–H and O–H groups in total. The summed E-state index contributed by atoms with van der Waals surface area (Å²) in [5.74, 6) is -2.44. The van der Waals surface area contributed by atoms with Crippen molar-refractivity contribution >= 4 is 11.8 Å². The first-order chi connectivity index (χ1) is 5.11. The van der Waals surface area contributed by atoms with E-state index in [1.54, 1.807) is 0 Å². The lowest BCUT2D eigenvalue weighted by Crippen LogP contribution is -2.34. The molecule has 60 valence electrons. The van der Waals surface area contributed by atoms with Crippen molar-refractivity contribution in [3.63, 3.8) is 0 Å². The van der Waals surface area contributed by atoms with E-state index in [9.17, 15) is 9.59 Å². The predicted octanol–water partition coefficient (Wildman–Crippen LogP) is -0.172. The van der Waals surface area contributed by atoms with Gasteiger partial charge in [-0.25, -0.2) is 4.79 Å². The summed E-state index contributed by atoms with van der Waals surface area (Å²) in [7, 11) is 0. The summed E-state index contributed by atoms with van der Waals surface area (Å²) in [5.41, 5.74) is 0. The zero-order valence-electron chi connectivity index (χ0n) is 5.48. The van der Waals surface area contributed by atoms with E-state index in [1.165, 1.54) is 0 Å². The van der Waals surface area contributed by atoms with Gasteiger partial charge in [-0.3, -0.25) is 4.79 Å². The lowest BCUT2D eigenvalue weighted by atomic mass is 10.1. The summed E-state index contributed by atoms with van der Waals surface area (Å²) in [6.45, 7) is 0. The number of carboxylic acid groups (broad SMARTS) is 1. The standard InChI is InChI=1S/C6H6O5/c7-3-1-2-4(8)11-5(3)6(9)10/h2,5,8H,1H2,(H,9,10). The van der Waals surface area contributed by atoms with E-state index in [4.69, 9.17) is 10.2 Å². The summed E-state index contributed by atoms with van der Waals surface area (Å²) in [6, 6.07) is 0. The van der Waals surface area contributed by atoms with E-state index in [0.29, 0.717) is 0 Å². The first-order valence-electron chi connectivity index (χ1n) is 2.92. The Kier molecular flexibility index (Phi) is 1.80. The number of ether oxygens (including phenoxy) is 1. The van der Waals surface area contributed by atoms with Crippen molar-refractivity contribution in [3.8, 4) is 0 Å². The van der Waals surface area contributed by atoms with Gasteiger partial charge in [0, 0.05) is 12.5 Å². The molecule has 0 aromatic carbocycles. The number of carbonyl (C=O) groups excluding carboxylic acids is 1. The highest BCUT2D eigenvalue weighted by Crippen LogP contribution is 2.11. The molecule has 1 rings (SSSR count). The molecular weight excluding hydrogens is 152 g/mol. The van der Waals surface area contributed by atoms with Crippen LogP contribution < -0.4 is 0 Å². The van der Waals surface area contributed by atoms with Gasteiger partial charge in [0.1, 0.15) is 0 Å². The van der Waals surface area contributed by atoms with Crippen LogP contribution in [0.2, 0.25) is 0 Å². The number of carbonyl (C=O) groups is 2. The van der Waals surface area contributed by atoms with Crippen LogP contribution in [0.4, 0.5) is 0 Å². The molecular formula is C6H6O5. The second-order valence-corrected chi connectivity index (χ2v) is 2.05. The normalized spacial score (nSPS) is 23.8. The molecule has 0 aromatic heterocycles. The molecule has 0 radical (unpaired) electrons. The summed E-state index contributed by atoms with van der Waals surface area (Å²) >= 11 is 0. The van der Waals surface area contributed by atoms with E-state index in [-0.39, 0.29) is 6.42 Å². The second kappa shape index (κ2) is 2.61. The zero-order valence-corrected chi connectivity index (χ0v) is 5.48. The van der Waals surface area contributed by atoms with Crippen LogP contribution in [0, 0.1) is 0 Å². The van der Waals surface area contributed by atoms with E-state index >= 15 is 0 Å². The minimum atomic E-state index is -1.54. The molecule has 0 fully saturated rings. The van der Waals surface area contributed by atoms with Crippen molar-refractivity contribution < 1.29 is 24.5 Å². The third-order valence-corrected chi connectivity index (χ3v) is 1.23. The van der Waals surface area contributed by atoms with Crippen LogP contribution in [-0.2, 0) is 14.3 Å². The number of aliphatic hydroxyl groups is 1. The quantitative estimate of drug-likeness (QED) is 0.517. The van der Waals surface area contributed by atoms with Crippen LogP contribution in [0.1, 0.15) is 6.42 Å². The molecule has 1 heterocycles. The van der Waals surface area contributed by atoms with Gasteiger partial charge in [0.25, 0.3) is 12.0 Å². The fourth-order valence-corrected chi connectivity index (χ4v) is 0.718. The minimum Gasteiger partial charge on any atom is -0.481 e. The van der Waals surface area contributed by atoms with E-state index in [2.05, 4.69) is 4.74 Å². The van der Waals surface area contributed by atoms with E-state index in [0.717, 1.165) is 6.08 Å². The largest absolute Gasteiger partial charge is 0.481 e. The van der Waals surface area contributed by atoms with Gasteiger partial charge >= 0.3 is 5.97 Å². The fourth-order valence-electron chi connectivity index (χ4n) is 0.718. The molecule has 0 saturated carbocycles. The summed E-state index contributed by atoms with van der Waals surface area (Å²) < 4.78 is 4.33. The Hall–Kier alpha value is -1.52. The number of carboxylic acids is 1. The molecule has 0 aliphatic carbocycles. The average Bonchev–Trinajstić information content (AvgIpc) is 1.94. The molecule has 0 aromatic rings. The second-order valence-electron chi connectivity index (χ2n) is 2.05. The van der Waals surface area contributed by atoms with Crippen molar-refractivity contribution in [2.24, 2.45) is 0 Å². The average molecular weight is 158 g/mol. The topological polar surface area (TPSA) is 83.8 Å². The maximum Gasteiger partial charge on any atom is 0.352 e. The van der Waals surface area contributed by atoms with Gasteiger partial charge in [0.2, 0.25) is 0 Å². The van der Waals surface area contributed by atoms with Crippen molar-refractivity contribution in [1.82, 2.24) is 0 Å². The third kappa shape index (κ3) is 1.49. The van der Waals surface area contributed by atoms with Gasteiger partial charge in [0.15, 0.2) is 5.78 Å². The lowest BCUT2D eigenvalue weighted by Gasteiger charge is -2.15. The summed E-state index contributed by atoms with van der Waals surface area (Å²) in [6.07, 6.45) is -0.509. The monoisotopic (exact) mass is 158 g/mol. The molecule has 1 atom stereocenters. The third-order valence-electron chi connectivity index (χ3n) is 1.23. The molecule has 1 unspecified atom stereocenters. The van der Waals surface area contributed by atoms with Crippen LogP contribution in [0.5, 0.6) is 0 Å². The van der Waals surface area contributed by atoms with E-state index in [1.807, 2.05) is 0 Å². The van der Waals surface area contributed by atoms with Gasteiger partial charge in [-0.05, 0) is 0 Å². The Bertz CT molecular complexity index is 229. The van der Waals surface area contributed by atoms with Gasteiger partial charge in [-0.1, -0.05) is 0 Å². The Balaban J connectivity index is 2.76. The number of aliphatic carboxylic acids is 1. The van der Waals surface area contributed by atoms with Crippen LogP contribution in [-0.4, -0.2) is 28.1 Å². The highest BCUT2D eigenvalue weighted by atomic mass is 16.6. The van der Waals surface area contributed by atoms with Gasteiger partial charge in [-0.15, -0.1) is 0 Å². The fraction of sp³-hybridized carbons (Fsp3) is 0.333. The molecule has 5 heteroatoms. The molecule has 0 amide bonds. The number of hydrogen-bond acceptors (Lipinski definition) is 4. The van der Waals surface area contributed by atoms with Crippen LogP contribution >= 0.6 is 0 Å². The van der Waals surface area contributed by atoms with Gasteiger partial charge in [0.05, 0.1) is 0 Å². The number of allylic oxidation sites excluding steroid dienone is 1. The molecule has 0 spiro atoms. The SMILES string of the molecule is O=C(O)C1OC(O)=CCC1=O. The molecule has 11 heavy (non-hydrogen) atoms. The highest BCUT2D eigenvalue weighted by molar-refractivity contribution is 6.02. The molecule has 1 aliphatic heterocycles. The Morgan fingerprint density at radius 2 is 2.36 bits per heavy atom. The van der Waals surface area contributed by atoms with E-state index < -0.39 is 23.8 Å². The predicted molar refractivity (Wildman–Crippen MR) is 32.8 cm³/mol. The highest BCUT2D eigenvalue weighted by Gasteiger charge is 2.31. The number of ketones is 1. The van der Waals surface area contributed by atoms with Gasteiger partial charge in [-0.2, -0.15) is 0 Å². The Morgan fingerprint density at radius 1 is 1.73 bits per heavy atom. The first kappa shape index (κ1) is 7.59. The van der Waals surface area contributed by atoms with Crippen molar-refractivity contribution in [2.45, 2.75) is 12.5 Å². The van der Waals surface area contributed by atoms with Gasteiger partial charge < -0.3 is 14.9 Å². The zero-order chi connectivity index (χ0) is 8.43. The Labute approximate surface area is 61.9 Å². The molecule has 1 aliphatic rings. The number of Topliss-reactive ketones (excluding diaryl/α,β-unsaturated/α-hetero) is 1. The first-order valence-corrected chi connectivity index (χ1v) is 2.92. The van der Waals surface area contributed by atoms with Crippen LogP contribution in [0.3, 0.4) is 0 Å². The summed E-state index contributed by atoms with van der Waals surface area (Å²) in [4.78, 5) is 20.9. The van der Waals surface area contributed by atoms with Crippen molar-refractivity contribution in [1.29, 1.82) is 0 Å². The Morgan fingerprint density at radius 3 is 2.82 bits per heavy atom. The van der Waals surface area contributed by atoms with Crippen LogP contribution in [0.15, 0.2) is 12.0 Å². The number of aliphatic hydroxyl groups excluding tert-OH is 1. The molecule has 5 nitrogen and oxygen atoms in total. The maximum atomic E-state index is 10.7. The lowest BCUT2D eigenvalue weighted by molar-refractivity contribution is -0.157. The van der Waals surface area contributed by atoms with Crippen molar-refractivity contribution in [2.75, 3.05) is 0 Å². The van der Waals surface area contributed by atoms with Crippen molar-refractivity contribution in [3.05, 3.63) is 12.0 Å². The number of rotatable bonds is 1. The number of hydrogen-bond donors (Lipinski definition) is 2. The molecule has 0 saturated heterocycles. The smallest absolute Gasteiger partial charge is 0.352 e. The summed E-state index contributed by atoms with van der Waals surface area (Å²) in [5, 5.41) is 17.0. The maximum absolute atomic E-state index is 10.7. The van der Waals surface area contributed by atoms with Crippen LogP contribution in [0.25, 0.3) is 0 Å². The molecule has 0 bridgehead atoms.